The fourth-order valence-corrected chi connectivity index (χ4v) is 2.89. The predicted molar refractivity (Wildman–Crippen MR) is 91.2 cm³/mol. The number of aromatic nitrogens is 1. The van der Waals surface area contributed by atoms with E-state index in [1.165, 1.54) is 0 Å². The molecular formula is C18H29N3O2. The monoisotopic (exact) mass is 319 g/mol. The SMILES string of the molecule is C[C@@H](c1ccccn1)N(C)C[C@H]1CCN(C(=O)OC(C)(C)C)C1. The van der Waals surface area contributed by atoms with Crippen molar-refractivity contribution < 1.29 is 9.53 Å². The third-order valence-electron chi connectivity index (χ3n) is 4.26. The van der Waals surface area contributed by atoms with Crippen molar-refractivity contribution in [2.24, 2.45) is 5.92 Å². The van der Waals surface area contributed by atoms with Crippen LogP contribution in [0.3, 0.4) is 0 Å². The van der Waals surface area contributed by atoms with E-state index in [0.717, 1.165) is 31.7 Å². The summed E-state index contributed by atoms with van der Waals surface area (Å²) >= 11 is 0. The van der Waals surface area contributed by atoms with E-state index in [2.05, 4.69) is 29.9 Å². The number of hydrogen-bond donors (Lipinski definition) is 0. The molecule has 1 fully saturated rings. The number of hydrogen-bond acceptors (Lipinski definition) is 4. The Hall–Kier alpha value is -1.62. The maximum atomic E-state index is 12.1. The molecule has 0 spiro atoms. The van der Waals surface area contributed by atoms with Crippen LogP contribution in [0.1, 0.15) is 45.9 Å². The van der Waals surface area contributed by atoms with Gasteiger partial charge in [0, 0.05) is 31.9 Å². The summed E-state index contributed by atoms with van der Waals surface area (Å²) in [5, 5.41) is 0. The second kappa shape index (κ2) is 7.30. The number of nitrogens with zero attached hydrogens (tertiary/aromatic N) is 3. The molecule has 1 saturated heterocycles. The van der Waals surface area contributed by atoms with E-state index in [-0.39, 0.29) is 12.1 Å². The van der Waals surface area contributed by atoms with Gasteiger partial charge in [-0.15, -0.1) is 0 Å². The summed E-state index contributed by atoms with van der Waals surface area (Å²) in [5.41, 5.74) is 0.649. The van der Waals surface area contributed by atoms with Gasteiger partial charge in [-0.3, -0.25) is 9.88 Å². The summed E-state index contributed by atoms with van der Waals surface area (Å²) in [6, 6.07) is 6.29. The standard InChI is InChI=1S/C18H29N3O2/c1-14(16-8-6-7-10-19-16)20(5)12-15-9-11-21(13-15)17(22)23-18(2,3)4/h6-8,10,14-15H,9,11-13H2,1-5H3/t14-,15+/m0/s1. The first-order chi connectivity index (χ1) is 10.8. The maximum absolute atomic E-state index is 12.1. The van der Waals surface area contributed by atoms with Gasteiger partial charge < -0.3 is 9.64 Å². The van der Waals surface area contributed by atoms with Crippen molar-refractivity contribution in [3.63, 3.8) is 0 Å². The van der Waals surface area contributed by atoms with Crippen LogP contribution in [-0.2, 0) is 4.74 Å². The van der Waals surface area contributed by atoms with E-state index in [4.69, 9.17) is 4.74 Å². The number of rotatable bonds is 4. The van der Waals surface area contributed by atoms with Crippen LogP contribution in [0.2, 0.25) is 0 Å². The smallest absolute Gasteiger partial charge is 0.410 e. The van der Waals surface area contributed by atoms with Gasteiger partial charge in [0.2, 0.25) is 0 Å². The fourth-order valence-electron chi connectivity index (χ4n) is 2.89. The highest BCUT2D eigenvalue weighted by Crippen LogP contribution is 2.23. The van der Waals surface area contributed by atoms with E-state index in [0.29, 0.717) is 5.92 Å². The topological polar surface area (TPSA) is 45.7 Å². The molecule has 0 unspecified atom stereocenters. The van der Waals surface area contributed by atoms with Crippen molar-refractivity contribution in [3.8, 4) is 0 Å². The van der Waals surface area contributed by atoms with Gasteiger partial charge >= 0.3 is 6.09 Å². The zero-order valence-corrected chi connectivity index (χ0v) is 15.0. The Morgan fingerprint density at radius 3 is 2.83 bits per heavy atom. The Kier molecular flexibility index (Phi) is 5.63. The van der Waals surface area contributed by atoms with Crippen LogP contribution in [0.4, 0.5) is 4.79 Å². The Labute approximate surface area is 139 Å². The Morgan fingerprint density at radius 1 is 1.48 bits per heavy atom. The lowest BCUT2D eigenvalue weighted by Crippen LogP contribution is -2.36. The van der Waals surface area contributed by atoms with Crippen molar-refractivity contribution in [1.82, 2.24) is 14.8 Å². The van der Waals surface area contributed by atoms with Gasteiger partial charge in [0.15, 0.2) is 0 Å². The lowest BCUT2D eigenvalue weighted by atomic mass is 10.1. The highest BCUT2D eigenvalue weighted by atomic mass is 16.6. The Balaban J connectivity index is 1.84. The summed E-state index contributed by atoms with van der Waals surface area (Å²) in [6.45, 7) is 10.4. The van der Waals surface area contributed by atoms with Crippen LogP contribution in [-0.4, -0.2) is 53.2 Å². The molecule has 0 saturated carbocycles. The molecule has 2 heterocycles. The van der Waals surface area contributed by atoms with Gasteiger partial charge in [-0.25, -0.2) is 4.79 Å². The molecule has 1 amide bonds. The minimum absolute atomic E-state index is 0.194. The molecule has 2 atom stereocenters. The van der Waals surface area contributed by atoms with Gasteiger partial charge in [-0.2, -0.15) is 0 Å². The third kappa shape index (κ3) is 5.20. The van der Waals surface area contributed by atoms with Crippen LogP contribution in [0, 0.1) is 5.92 Å². The van der Waals surface area contributed by atoms with Gasteiger partial charge in [0.25, 0.3) is 0 Å². The van der Waals surface area contributed by atoms with Gasteiger partial charge in [0.05, 0.1) is 5.69 Å². The molecule has 0 radical (unpaired) electrons. The average Bonchev–Trinajstić information content (AvgIpc) is 2.94. The Bertz CT molecular complexity index is 513. The normalized spacial score (nSPS) is 19.9. The number of ether oxygens (including phenoxy) is 1. The maximum Gasteiger partial charge on any atom is 0.410 e. The number of pyridine rings is 1. The first kappa shape index (κ1) is 17.7. The molecule has 5 heteroatoms. The number of carbonyl (C=O) groups excluding carboxylic acids is 1. The summed E-state index contributed by atoms with van der Waals surface area (Å²) in [4.78, 5) is 20.7. The lowest BCUT2D eigenvalue weighted by Gasteiger charge is -2.27. The molecule has 0 aromatic carbocycles. The zero-order chi connectivity index (χ0) is 17.0. The molecule has 0 N–H and O–H groups in total. The highest BCUT2D eigenvalue weighted by molar-refractivity contribution is 5.68. The quantitative estimate of drug-likeness (QED) is 0.854. The summed E-state index contributed by atoms with van der Waals surface area (Å²) in [7, 11) is 2.12. The van der Waals surface area contributed by atoms with Crippen molar-refractivity contribution in [1.29, 1.82) is 0 Å². The number of carbonyl (C=O) groups is 1. The molecule has 2 rings (SSSR count). The van der Waals surface area contributed by atoms with Crippen molar-refractivity contribution in [2.45, 2.75) is 45.8 Å². The zero-order valence-electron chi connectivity index (χ0n) is 15.0. The first-order valence-electron chi connectivity index (χ1n) is 8.35. The van der Waals surface area contributed by atoms with E-state index >= 15 is 0 Å². The molecule has 1 aliphatic rings. The predicted octanol–water partition coefficient (Wildman–Crippen LogP) is 3.33. The van der Waals surface area contributed by atoms with Crippen LogP contribution in [0.5, 0.6) is 0 Å². The molecule has 128 valence electrons. The molecule has 0 bridgehead atoms. The fraction of sp³-hybridized carbons (Fsp3) is 0.667. The third-order valence-corrected chi connectivity index (χ3v) is 4.26. The van der Waals surface area contributed by atoms with Gasteiger partial charge in [-0.05, 0) is 59.2 Å². The average molecular weight is 319 g/mol. The molecule has 1 aromatic heterocycles. The Morgan fingerprint density at radius 2 is 2.22 bits per heavy atom. The molecule has 1 aromatic rings. The van der Waals surface area contributed by atoms with E-state index in [1.807, 2.05) is 44.0 Å². The van der Waals surface area contributed by atoms with Crippen LogP contribution in [0.15, 0.2) is 24.4 Å². The summed E-state index contributed by atoms with van der Waals surface area (Å²) < 4.78 is 5.46. The van der Waals surface area contributed by atoms with Crippen LogP contribution in [0.25, 0.3) is 0 Å². The molecule has 0 aliphatic carbocycles. The molecular weight excluding hydrogens is 290 g/mol. The lowest BCUT2D eigenvalue weighted by molar-refractivity contribution is 0.0285. The molecule has 5 nitrogen and oxygen atoms in total. The van der Waals surface area contributed by atoms with E-state index in [1.54, 1.807) is 0 Å². The van der Waals surface area contributed by atoms with Crippen LogP contribution >= 0.6 is 0 Å². The minimum Gasteiger partial charge on any atom is -0.444 e. The van der Waals surface area contributed by atoms with Gasteiger partial charge in [-0.1, -0.05) is 6.07 Å². The summed E-state index contributed by atoms with van der Waals surface area (Å²) in [5.74, 6) is 0.485. The van der Waals surface area contributed by atoms with Crippen molar-refractivity contribution in [2.75, 3.05) is 26.7 Å². The van der Waals surface area contributed by atoms with Crippen molar-refractivity contribution in [3.05, 3.63) is 30.1 Å². The molecule has 23 heavy (non-hydrogen) atoms. The first-order valence-corrected chi connectivity index (χ1v) is 8.35. The van der Waals surface area contributed by atoms with Crippen LogP contribution < -0.4 is 0 Å². The second-order valence-corrected chi connectivity index (χ2v) is 7.45. The number of likely N-dealkylation sites (tertiary alicyclic amines) is 1. The van der Waals surface area contributed by atoms with E-state index in [9.17, 15) is 4.79 Å². The molecule has 1 aliphatic heterocycles. The number of amides is 1. The van der Waals surface area contributed by atoms with Crippen molar-refractivity contribution >= 4 is 6.09 Å². The largest absolute Gasteiger partial charge is 0.444 e. The van der Waals surface area contributed by atoms with Gasteiger partial charge in [0.1, 0.15) is 5.60 Å². The summed E-state index contributed by atoms with van der Waals surface area (Å²) in [6.07, 6.45) is 2.67. The van der Waals surface area contributed by atoms with E-state index < -0.39 is 5.60 Å². The highest BCUT2D eigenvalue weighted by Gasteiger charge is 2.30. The minimum atomic E-state index is -0.431. The second-order valence-electron chi connectivity index (χ2n) is 7.45.